The van der Waals surface area contributed by atoms with Gasteiger partial charge >= 0.3 is 23.9 Å². The zero-order chi connectivity index (χ0) is 43.5. The minimum atomic E-state index is -0.883. The van der Waals surface area contributed by atoms with E-state index in [4.69, 9.17) is 61.1 Å². The van der Waals surface area contributed by atoms with E-state index in [9.17, 15) is 19.2 Å². The number of carbonyl (C=O) groups is 4. The highest BCUT2D eigenvalue weighted by Gasteiger charge is 2.36. The molecule has 61 heavy (non-hydrogen) atoms. The van der Waals surface area contributed by atoms with Crippen LogP contribution in [-0.4, -0.2) is 87.5 Å². The molecule has 0 unspecified atom stereocenters. The molecule has 0 saturated carbocycles. The second-order valence-electron chi connectivity index (χ2n) is 14.5. The van der Waals surface area contributed by atoms with Crippen molar-refractivity contribution in [3.05, 3.63) is 143 Å². The zero-order valence-electron chi connectivity index (χ0n) is 34.0. The number of ether oxygens (including phenoxy) is 8. The minimum absolute atomic E-state index is 0.0978. The predicted octanol–water partition coefficient (Wildman–Crippen LogP) is 8.97. The van der Waals surface area contributed by atoms with E-state index in [1.165, 1.54) is 28.4 Å². The smallest absolute Gasteiger partial charge is 0.338 e. The first-order chi connectivity index (χ1) is 29.4. The Balaban J connectivity index is 1.27. The van der Waals surface area contributed by atoms with Gasteiger partial charge in [0, 0.05) is 25.7 Å². The Kier molecular flexibility index (Phi) is 15.3. The van der Waals surface area contributed by atoms with E-state index >= 15 is 0 Å². The Morgan fingerprint density at radius 3 is 0.967 bits per heavy atom. The van der Waals surface area contributed by atoms with Crippen molar-refractivity contribution in [2.45, 2.75) is 67.3 Å². The van der Waals surface area contributed by atoms with Gasteiger partial charge in [-0.15, -0.1) is 23.2 Å². The Morgan fingerprint density at radius 2 is 0.705 bits per heavy atom. The van der Waals surface area contributed by atoms with E-state index in [1.807, 2.05) is 0 Å². The molecule has 0 fully saturated rings. The number of benzene rings is 4. The molecule has 0 amide bonds. The topological polar surface area (TPSA) is 142 Å². The minimum Gasteiger partial charge on any atom is -0.497 e. The fourth-order valence-electron chi connectivity index (χ4n) is 7.05. The zero-order valence-corrected chi connectivity index (χ0v) is 35.6. The molecule has 320 valence electrons. The summed E-state index contributed by atoms with van der Waals surface area (Å²) in [6, 6.07) is 26.0. The molecule has 0 spiro atoms. The van der Waals surface area contributed by atoms with E-state index in [-0.39, 0.29) is 32.1 Å². The van der Waals surface area contributed by atoms with Crippen molar-refractivity contribution >= 4 is 47.1 Å². The van der Waals surface area contributed by atoms with Crippen molar-refractivity contribution in [2.75, 3.05) is 28.4 Å². The van der Waals surface area contributed by atoms with Crippen molar-refractivity contribution in [1.82, 2.24) is 0 Å². The second-order valence-corrected chi connectivity index (χ2v) is 15.5. The van der Waals surface area contributed by atoms with E-state index in [0.29, 0.717) is 45.3 Å². The molecule has 0 saturated heterocycles. The molecule has 2 aliphatic carbocycles. The molecule has 0 radical (unpaired) electrons. The predicted molar refractivity (Wildman–Crippen MR) is 227 cm³/mol. The van der Waals surface area contributed by atoms with Crippen molar-refractivity contribution in [2.24, 2.45) is 0 Å². The van der Waals surface area contributed by atoms with Crippen LogP contribution >= 0.6 is 23.2 Å². The molecule has 4 aromatic carbocycles. The molecular formula is C47H46Cl2O12. The molecule has 4 aromatic rings. The van der Waals surface area contributed by atoms with Crippen LogP contribution in [0.15, 0.2) is 120 Å². The summed E-state index contributed by atoms with van der Waals surface area (Å²) >= 11 is 14.0. The maximum Gasteiger partial charge on any atom is 0.338 e. The molecule has 6 rings (SSSR count). The third-order valence-electron chi connectivity index (χ3n) is 10.3. The summed E-state index contributed by atoms with van der Waals surface area (Å²) in [5, 5.41) is -1.64. The number of methoxy groups -OCH3 is 4. The van der Waals surface area contributed by atoms with E-state index in [1.54, 1.807) is 109 Å². The van der Waals surface area contributed by atoms with Crippen molar-refractivity contribution in [3.63, 3.8) is 0 Å². The molecule has 2 aliphatic rings. The fourth-order valence-corrected chi connectivity index (χ4v) is 7.71. The van der Waals surface area contributed by atoms with Crippen LogP contribution in [0, 0.1) is 0 Å². The lowest BCUT2D eigenvalue weighted by molar-refractivity contribution is 0.00141. The van der Waals surface area contributed by atoms with Crippen LogP contribution < -0.4 is 18.9 Å². The van der Waals surface area contributed by atoms with Gasteiger partial charge in [-0.25, -0.2) is 19.2 Å². The Morgan fingerprint density at radius 1 is 0.443 bits per heavy atom. The molecular weight excluding hydrogens is 827 g/mol. The lowest BCUT2D eigenvalue weighted by Crippen LogP contribution is -2.31. The highest BCUT2D eigenvalue weighted by molar-refractivity contribution is 6.22. The van der Waals surface area contributed by atoms with Crippen LogP contribution in [0.25, 0.3) is 0 Å². The van der Waals surface area contributed by atoms with Gasteiger partial charge in [-0.2, -0.15) is 0 Å². The maximum absolute atomic E-state index is 13.5. The van der Waals surface area contributed by atoms with Gasteiger partial charge in [0.1, 0.15) is 47.4 Å². The monoisotopic (exact) mass is 872 g/mol. The highest BCUT2D eigenvalue weighted by atomic mass is 35.5. The standard InChI is InChI=1S/C47H46Cl2O12/c1-54-34-13-5-30(6-14-34)44(50)58-38-22-28(24-40(48)42(26-38)60-46(52)32-9-17-36(56-3)18-10-32)21-29-23-39(59-45(51)31-7-15-35(55-2)16-8-31)27-43(41(49)25-29)61-47(53)33-11-19-37(57-4)20-12-33/h5-20,24-25,38-43H,21-23,26-27H2,1-4H3/t38-,39-,40-,41-,42+,43+/m0/s1. The second kappa shape index (κ2) is 21.0. The number of carbonyl (C=O) groups excluding carboxylic acids is 4. The van der Waals surface area contributed by atoms with Crippen molar-refractivity contribution < 1.29 is 57.1 Å². The van der Waals surface area contributed by atoms with Gasteiger partial charge in [0.15, 0.2) is 0 Å². The summed E-state index contributed by atoms with van der Waals surface area (Å²) in [6.07, 6.45) is 1.23. The molecule has 0 aromatic heterocycles. The lowest BCUT2D eigenvalue weighted by atomic mass is 9.96. The third kappa shape index (κ3) is 12.1. The summed E-state index contributed by atoms with van der Waals surface area (Å²) in [5.74, 6) is -0.0780. The first-order valence-corrected chi connectivity index (χ1v) is 20.4. The number of hydrogen-bond acceptors (Lipinski definition) is 12. The average molecular weight is 874 g/mol. The molecule has 0 N–H and O–H groups in total. The number of esters is 4. The van der Waals surface area contributed by atoms with Crippen LogP contribution in [0.2, 0.25) is 0 Å². The normalized spacial score (nSPS) is 21.2. The summed E-state index contributed by atoms with van der Waals surface area (Å²) in [4.78, 5) is 53.7. The molecule has 12 nitrogen and oxygen atoms in total. The van der Waals surface area contributed by atoms with Crippen LogP contribution in [0.4, 0.5) is 0 Å². The number of rotatable bonds is 14. The maximum atomic E-state index is 13.5. The van der Waals surface area contributed by atoms with Gasteiger partial charge in [-0.3, -0.25) is 0 Å². The SMILES string of the molecule is COc1ccc(C(=O)O[C@H]2CC(CC3=C[C@H](Cl)[C@H](OC(=O)c4ccc(OC)cc4)C[C@@H](OC(=O)c4ccc(OC)cc4)C3)=C[C@H](Cl)[C@H](OC(=O)c3ccc(OC)cc3)C2)cc1. The summed E-state index contributed by atoms with van der Waals surface area (Å²) < 4.78 is 45.0. The fraction of sp³-hybridized carbons (Fsp3) is 0.319. The number of alkyl halides is 2. The molecule has 14 heteroatoms. The van der Waals surface area contributed by atoms with Gasteiger partial charge in [0.25, 0.3) is 0 Å². The lowest BCUT2D eigenvalue weighted by Gasteiger charge is -2.24. The van der Waals surface area contributed by atoms with Gasteiger partial charge in [-0.1, -0.05) is 23.3 Å². The van der Waals surface area contributed by atoms with E-state index in [2.05, 4.69) is 0 Å². The van der Waals surface area contributed by atoms with E-state index < -0.39 is 59.0 Å². The Hall–Kier alpha value is -5.98. The van der Waals surface area contributed by atoms with Gasteiger partial charge < -0.3 is 37.9 Å². The van der Waals surface area contributed by atoms with Gasteiger partial charge in [-0.05, 0) is 103 Å². The molecule has 0 aliphatic heterocycles. The number of hydrogen-bond donors (Lipinski definition) is 0. The quantitative estimate of drug-likeness (QED) is 0.0517. The summed E-state index contributed by atoms with van der Waals surface area (Å²) in [6.45, 7) is 0. The van der Waals surface area contributed by atoms with Crippen molar-refractivity contribution in [1.29, 1.82) is 0 Å². The number of halogens is 2. The van der Waals surface area contributed by atoms with Crippen LogP contribution in [0.3, 0.4) is 0 Å². The first kappa shape index (κ1) is 44.6. The van der Waals surface area contributed by atoms with E-state index in [0.717, 1.165) is 11.1 Å². The molecule has 0 bridgehead atoms. The average Bonchev–Trinajstić information content (AvgIpc) is 3.51. The van der Waals surface area contributed by atoms with Crippen LogP contribution in [0.1, 0.15) is 73.5 Å². The summed E-state index contributed by atoms with van der Waals surface area (Å²) in [7, 11) is 6.11. The first-order valence-electron chi connectivity index (χ1n) is 19.5. The molecule has 0 heterocycles. The Bertz CT molecular complexity index is 2050. The third-order valence-corrected chi connectivity index (χ3v) is 11.1. The van der Waals surface area contributed by atoms with Gasteiger partial charge in [0.05, 0.1) is 61.4 Å². The molecule has 6 atom stereocenters. The van der Waals surface area contributed by atoms with Gasteiger partial charge in [0.2, 0.25) is 0 Å². The Labute approximate surface area is 364 Å². The van der Waals surface area contributed by atoms with Crippen LogP contribution in [0.5, 0.6) is 23.0 Å². The van der Waals surface area contributed by atoms with Crippen LogP contribution in [-0.2, 0) is 18.9 Å². The summed E-state index contributed by atoms with van der Waals surface area (Å²) in [5.41, 5.74) is 2.72. The van der Waals surface area contributed by atoms with Crippen molar-refractivity contribution in [3.8, 4) is 23.0 Å². The highest BCUT2D eigenvalue weighted by Crippen LogP contribution is 2.35. The largest absolute Gasteiger partial charge is 0.497 e.